The van der Waals surface area contributed by atoms with E-state index in [0.29, 0.717) is 6.54 Å². The van der Waals surface area contributed by atoms with Gasteiger partial charge in [-0.1, -0.05) is 12.8 Å². The van der Waals surface area contributed by atoms with Gasteiger partial charge in [-0.05, 0) is 19.3 Å². The van der Waals surface area contributed by atoms with Crippen molar-refractivity contribution in [2.45, 2.75) is 31.8 Å². The third-order valence-electron chi connectivity index (χ3n) is 1.87. The third kappa shape index (κ3) is 2.33. The summed E-state index contributed by atoms with van der Waals surface area (Å²) in [6.07, 6.45) is 3.47. The average molecular weight is 129 g/mol. The molecule has 0 bridgehead atoms. The number of hydrogen-bond acceptors (Lipinski definition) is 2. The summed E-state index contributed by atoms with van der Waals surface area (Å²) >= 11 is 0. The molecule has 0 aromatic rings. The molecule has 0 heterocycles. The van der Waals surface area contributed by atoms with Gasteiger partial charge in [-0.25, -0.2) is 0 Å². The van der Waals surface area contributed by atoms with Crippen molar-refractivity contribution in [1.29, 1.82) is 0 Å². The molecule has 1 atom stereocenters. The van der Waals surface area contributed by atoms with E-state index >= 15 is 0 Å². The molecule has 1 fully saturated rings. The van der Waals surface area contributed by atoms with Gasteiger partial charge in [-0.15, -0.1) is 0 Å². The Balaban J connectivity index is 2.21. The Kier molecular flexibility index (Phi) is 1.78. The highest BCUT2D eigenvalue weighted by Gasteiger charge is 2.30. The van der Waals surface area contributed by atoms with Crippen LogP contribution in [-0.2, 0) is 0 Å². The highest BCUT2D eigenvalue weighted by molar-refractivity contribution is 4.84. The summed E-state index contributed by atoms with van der Waals surface area (Å²) in [5.41, 5.74) is 4.74. The summed E-state index contributed by atoms with van der Waals surface area (Å²) in [6.45, 7) is 2.20. The molecule has 1 saturated carbocycles. The summed E-state index contributed by atoms with van der Waals surface area (Å²) in [6, 6.07) is 0. The predicted octanol–water partition coefficient (Wildman–Crippen LogP) is 0.496. The lowest BCUT2D eigenvalue weighted by Gasteiger charge is -2.19. The topological polar surface area (TPSA) is 46.2 Å². The number of nitrogens with two attached hydrogens (primary N) is 1. The summed E-state index contributed by atoms with van der Waals surface area (Å²) in [5, 5.41) is 9.41. The zero-order valence-corrected chi connectivity index (χ0v) is 5.93. The van der Waals surface area contributed by atoms with Crippen LogP contribution in [0.5, 0.6) is 0 Å². The molecule has 2 heteroatoms. The van der Waals surface area contributed by atoms with E-state index in [4.69, 9.17) is 5.73 Å². The largest absolute Gasteiger partial charge is 0.389 e. The van der Waals surface area contributed by atoms with Crippen LogP contribution >= 0.6 is 0 Å². The summed E-state index contributed by atoms with van der Waals surface area (Å²) in [7, 11) is 0. The first-order valence-corrected chi connectivity index (χ1v) is 3.56. The summed E-state index contributed by atoms with van der Waals surface area (Å²) < 4.78 is 0. The summed E-state index contributed by atoms with van der Waals surface area (Å²) in [5.74, 6) is 0.767. The van der Waals surface area contributed by atoms with E-state index < -0.39 is 5.60 Å². The van der Waals surface area contributed by atoms with E-state index in [9.17, 15) is 5.11 Å². The van der Waals surface area contributed by atoms with Crippen molar-refractivity contribution in [3.8, 4) is 0 Å². The van der Waals surface area contributed by atoms with E-state index in [-0.39, 0.29) is 0 Å². The number of hydrogen-bond donors (Lipinski definition) is 2. The minimum absolute atomic E-state index is 0.392. The fraction of sp³-hybridized carbons (Fsp3) is 1.00. The molecule has 0 radical (unpaired) electrons. The van der Waals surface area contributed by atoms with Gasteiger partial charge in [0, 0.05) is 6.54 Å². The molecule has 0 amide bonds. The maximum absolute atomic E-state index is 9.41. The second kappa shape index (κ2) is 2.27. The number of aliphatic hydroxyl groups is 1. The van der Waals surface area contributed by atoms with Crippen LogP contribution in [-0.4, -0.2) is 17.3 Å². The quantitative estimate of drug-likeness (QED) is 0.582. The molecule has 3 N–H and O–H groups in total. The Labute approximate surface area is 56.1 Å². The van der Waals surface area contributed by atoms with Crippen molar-refractivity contribution in [1.82, 2.24) is 0 Å². The monoisotopic (exact) mass is 129 g/mol. The minimum atomic E-state index is -0.596. The van der Waals surface area contributed by atoms with Crippen LogP contribution in [0.1, 0.15) is 26.2 Å². The van der Waals surface area contributed by atoms with Gasteiger partial charge < -0.3 is 10.8 Å². The molecule has 0 aromatic carbocycles. The lowest BCUT2D eigenvalue weighted by atomic mass is 10.00. The van der Waals surface area contributed by atoms with Crippen molar-refractivity contribution in [2.75, 3.05) is 6.54 Å². The van der Waals surface area contributed by atoms with E-state index in [1.54, 1.807) is 0 Å². The van der Waals surface area contributed by atoms with E-state index in [1.165, 1.54) is 12.8 Å². The summed E-state index contributed by atoms with van der Waals surface area (Å²) in [4.78, 5) is 0. The normalized spacial score (nSPS) is 25.7. The van der Waals surface area contributed by atoms with Gasteiger partial charge in [-0.2, -0.15) is 0 Å². The molecular formula is C7H15NO. The van der Waals surface area contributed by atoms with Gasteiger partial charge in [0.15, 0.2) is 0 Å². The molecule has 0 saturated heterocycles. The van der Waals surface area contributed by atoms with Crippen molar-refractivity contribution in [3.63, 3.8) is 0 Å². The zero-order valence-electron chi connectivity index (χ0n) is 5.93. The van der Waals surface area contributed by atoms with Crippen LogP contribution in [0.25, 0.3) is 0 Å². The van der Waals surface area contributed by atoms with Crippen LogP contribution in [0, 0.1) is 5.92 Å². The van der Waals surface area contributed by atoms with Crippen LogP contribution in [0.4, 0.5) is 0 Å². The molecular weight excluding hydrogens is 114 g/mol. The van der Waals surface area contributed by atoms with Crippen molar-refractivity contribution < 1.29 is 5.11 Å². The second-order valence-electron chi connectivity index (χ2n) is 3.35. The molecule has 0 aliphatic heterocycles. The second-order valence-corrected chi connectivity index (χ2v) is 3.35. The minimum Gasteiger partial charge on any atom is -0.389 e. The molecule has 1 rings (SSSR count). The Morgan fingerprint density at radius 1 is 1.67 bits per heavy atom. The van der Waals surface area contributed by atoms with Gasteiger partial charge in [0.2, 0.25) is 0 Å². The first kappa shape index (κ1) is 7.03. The maximum Gasteiger partial charge on any atom is 0.0744 e. The fourth-order valence-electron chi connectivity index (χ4n) is 1.03. The van der Waals surface area contributed by atoms with Crippen LogP contribution in [0.15, 0.2) is 0 Å². The molecule has 9 heavy (non-hydrogen) atoms. The first-order valence-electron chi connectivity index (χ1n) is 3.56. The van der Waals surface area contributed by atoms with E-state index in [2.05, 4.69) is 0 Å². The van der Waals surface area contributed by atoms with Crippen LogP contribution in [0.2, 0.25) is 0 Å². The predicted molar refractivity (Wildman–Crippen MR) is 37.0 cm³/mol. The van der Waals surface area contributed by atoms with Crippen molar-refractivity contribution in [3.05, 3.63) is 0 Å². The van der Waals surface area contributed by atoms with Gasteiger partial charge in [-0.3, -0.25) is 0 Å². The van der Waals surface area contributed by atoms with Gasteiger partial charge in [0.1, 0.15) is 0 Å². The van der Waals surface area contributed by atoms with Crippen LogP contribution in [0.3, 0.4) is 0 Å². The van der Waals surface area contributed by atoms with E-state index in [0.717, 1.165) is 12.3 Å². The molecule has 0 aromatic heterocycles. The first-order chi connectivity index (χ1) is 4.14. The fourth-order valence-corrected chi connectivity index (χ4v) is 1.03. The average Bonchev–Trinajstić information content (AvgIpc) is 2.50. The zero-order chi connectivity index (χ0) is 6.91. The molecule has 2 nitrogen and oxygen atoms in total. The SMILES string of the molecule is CC(O)(CN)CC1CC1. The third-order valence-corrected chi connectivity index (χ3v) is 1.87. The Hall–Kier alpha value is -0.0800. The van der Waals surface area contributed by atoms with Crippen molar-refractivity contribution in [2.24, 2.45) is 11.7 Å². The molecule has 54 valence electrons. The molecule has 1 aliphatic carbocycles. The van der Waals surface area contributed by atoms with E-state index in [1.807, 2.05) is 6.92 Å². The standard InChI is InChI=1S/C7H15NO/c1-7(9,5-8)4-6-2-3-6/h6,9H,2-5,8H2,1H3. The Bertz CT molecular complexity index is 97.1. The Morgan fingerprint density at radius 2 is 2.22 bits per heavy atom. The maximum atomic E-state index is 9.41. The molecule has 0 spiro atoms. The smallest absolute Gasteiger partial charge is 0.0744 e. The molecule has 1 unspecified atom stereocenters. The highest BCUT2D eigenvalue weighted by Crippen LogP contribution is 2.36. The number of rotatable bonds is 3. The molecule has 1 aliphatic rings. The van der Waals surface area contributed by atoms with Gasteiger partial charge >= 0.3 is 0 Å². The van der Waals surface area contributed by atoms with Gasteiger partial charge in [0.25, 0.3) is 0 Å². The lowest BCUT2D eigenvalue weighted by molar-refractivity contribution is 0.0541. The Morgan fingerprint density at radius 3 is 2.56 bits per heavy atom. The lowest BCUT2D eigenvalue weighted by Crippen LogP contribution is -2.34. The van der Waals surface area contributed by atoms with Crippen LogP contribution < -0.4 is 5.73 Å². The van der Waals surface area contributed by atoms with Crippen molar-refractivity contribution >= 4 is 0 Å². The highest BCUT2D eigenvalue weighted by atomic mass is 16.3. The van der Waals surface area contributed by atoms with Gasteiger partial charge in [0.05, 0.1) is 5.60 Å².